The van der Waals surface area contributed by atoms with Crippen molar-refractivity contribution in [2.45, 2.75) is 18.8 Å². The Morgan fingerprint density at radius 3 is 2.69 bits per heavy atom. The van der Waals surface area contributed by atoms with E-state index in [4.69, 9.17) is 32.4 Å². The van der Waals surface area contributed by atoms with Crippen molar-refractivity contribution in [1.29, 1.82) is 0 Å². The maximum atomic E-state index is 11.5. The van der Waals surface area contributed by atoms with E-state index >= 15 is 0 Å². The van der Waals surface area contributed by atoms with Crippen molar-refractivity contribution >= 4 is 62.9 Å². The molecule has 0 atom stereocenters. The Kier molecular flexibility index (Phi) is 7.23. The number of thioether (sulfide) groups is 1. The van der Waals surface area contributed by atoms with Gasteiger partial charge in [-0.15, -0.1) is 10.2 Å². The van der Waals surface area contributed by atoms with Gasteiger partial charge >= 0.3 is 5.97 Å². The number of nitrogens with zero attached hydrogens (tertiary/aromatic N) is 2. The fourth-order valence-electron chi connectivity index (χ4n) is 2.22. The van der Waals surface area contributed by atoms with Crippen molar-refractivity contribution in [1.82, 2.24) is 10.2 Å². The van der Waals surface area contributed by atoms with E-state index in [1.165, 1.54) is 6.08 Å². The van der Waals surface area contributed by atoms with Crippen molar-refractivity contribution in [2.24, 2.45) is 0 Å². The normalized spacial score (nSPS) is 11.5. The minimum absolute atomic E-state index is 0.0437. The average Bonchev–Trinajstić information content (AvgIpc) is 3.06. The van der Waals surface area contributed by atoms with Gasteiger partial charge in [0.1, 0.15) is 17.3 Å². The molecule has 3 aromatic rings. The fraction of sp³-hybridized carbons (Fsp3) is 0.105. The molecule has 1 heterocycles. The van der Waals surface area contributed by atoms with Crippen LogP contribution in [0, 0.1) is 6.92 Å². The second-order valence-corrected chi connectivity index (χ2v) is 8.41. The number of hydrogen-bond acceptors (Lipinski definition) is 6. The van der Waals surface area contributed by atoms with Crippen LogP contribution < -0.4 is 4.74 Å². The van der Waals surface area contributed by atoms with Crippen LogP contribution in [0.4, 0.5) is 0 Å². The number of carboxylic acids is 1. The molecule has 0 saturated carbocycles. The van der Waals surface area contributed by atoms with Crippen LogP contribution in [0.3, 0.4) is 0 Å². The first kappa shape index (κ1) is 21.7. The Morgan fingerprint density at radius 2 is 2.07 bits per heavy atom. The van der Waals surface area contributed by atoms with Crippen molar-refractivity contribution < 1.29 is 19.1 Å². The highest BCUT2D eigenvalue weighted by atomic mass is 79.9. The van der Waals surface area contributed by atoms with Crippen molar-refractivity contribution in [3.8, 4) is 5.75 Å². The van der Waals surface area contributed by atoms with Crippen LogP contribution in [-0.4, -0.2) is 21.3 Å². The molecule has 0 aliphatic heterocycles. The summed E-state index contributed by atoms with van der Waals surface area (Å²) < 4.78 is 11.7. The molecule has 150 valence electrons. The molecule has 0 radical (unpaired) electrons. The third-order valence-corrected chi connectivity index (χ3v) is 5.63. The fourth-order valence-corrected chi connectivity index (χ4v) is 3.91. The molecule has 0 bridgehead atoms. The molecule has 1 aromatic heterocycles. The summed E-state index contributed by atoms with van der Waals surface area (Å²) in [6.45, 7) is 1.89. The number of rotatable bonds is 7. The molecule has 0 spiro atoms. The van der Waals surface area contributed by atoms with E-state index in [-0.39, 0.29) is 16.7 Å². The Balaban J connectivity index is 1.74. The van der Waals surface area contributed by atoms with Crippen LogP contribution in [0.25, 0.3) is 6.08 Å². The number of ether oxygens (including phenoxy) is 1. The number of carbonyl (C=O) groups is 1. The average molecular weight is 516 g/mol. The van der Waals surface area contributed by atoms with Gasteiger partial charge in [0.2, 0.25) is 5.89 Å². The number of benzene rings is 2. The largest absolute Gasteiger partial charge is 0.488 e. The molecule has 0 unspecified atom stereocenters. The summed E-state index contributed by atoms with van der Waals surface area (Å²) >= 11 is 16.4. The molecule has 2 aromatic carbocycles. The van der Waals surface area contributed by atoms with Gasteiger partial charge in [-0.2, -0.15) is 0 Å². The van der Waals surface area contributed by atoms with Crippen LogP contribution in [0.1, 0.15) is 17.0 Å². The zero-order valence-corrected chi connectivity index (χ0v) is 18.8. The van der Waals surface area contributed by atoms with Gasteiger partial charge in [0.15, 0.2) is 0 Å². The van der Waals surface area contributed by atoms with Gasteiger partial charge in [0.25, 0.3) is 5.22 Å². The van der Waals surface area contributed by atoms with Crippen LogP contribution >= 0.6 is 50.9 Å². The molecule has 0 aliphatic carbocycles. The first-order valence-electron chi connectivity index (χ1n) is 8.11. The summed E-state index contributed by atoms with van der Waals surface area (Å²) in [6.07, 6.45) is 1.51. The van der Waals surface area contributed by atoms with Crippen molar-refractivity contribution in [3.05, 3.63) is 72.8 Å². The molecule has 0 amide bonds. The van der Waals surface area contributed by atoms with Gasteiger partial charge < -0.3 is 14.3 Å². The lowest BCUT2D eigenvalue weighted by atomic mass is 10.2. The third-order valence-electron chi connectivity index (χ3n) is 3.57. The van der Waals surface area contributed by atoms with E-state index < -0.39 is 5.97 Å². The summed E-state index contributed by atoms with van der Waals surface area (Å²) in [5, 5.41) is 18.2. The Labute approximate surface area is 189 Å². The van der Waals surface area contributed by atoms with Gasteiger partial charge in [0.05, 0.1) is 4.47 Å². The summed E-state index contributed by atoms with van der Waals surface area (Å²) in [5.74, 6) is -0.146. The maximum absolute atomic E-state index is 11.5. The highest BCUT2D eigenvalue weighted by Crippen LogP contribution is 2.31. The van der Waals surface area contributed by atoms with E-state index in [9.17, 15) is 9.90 Å². The quantitative estimate of drug-likeness (QED) is 0.294. The molecule has 1 N–H and O–H groups in total. The van der Waals surface area contributed by atoms with Crippen LogP contribution in [0.5, 0.6) is 5.75 Å². The number of hydrogen-bond donors (Lipinski definition) is 1. The minimum atomic E-state index is -1.10. The summed E-state index contributed by atoms with van der Waals surface area (Å²) in [6, 6.07) is 10.4. The monoisotopic (exact) mass is 514 g/mol. The lowest BCUT2D eigenvalue weighted by Crippen LogP contribution is -1.98. The van der Waals surface area contributed by atoms with Crippen LogP contribution in [-0.2, 0) is 11.4 Å². The van der Waals surface area contributed by atoms with Crippen molar-refractivity contribution in [2.75, 3.05) is 0 Å². The Morgan fingerprint density at radius 1 is 1.28 bits per heavy atom. The standard InChI is InChI=1S/C19H13BrCl2N2O4S/c1-10-23-24-19(28-10)29-17(18(25)26)7-11-2-5-16(14(20)6-11)27-9-12-3-4-13(21)8-15(12)22/h2-8H,9H2,1H3,(H,25,26)/b17-7-. The number of halogens is 3. The number of aromatic nitrogens is 2. The number of carboxylic acid groups (broad SMARTS) is 1. The lowest BCUT2D eigenvalue weighted by molar-refractivity contribution is -0.131. The molecule has 6 nitrogen and oxygen atoms in total. The van der Waals surface area contributed by atoms with Gasteiger partial charge in [-0.25, -0.2) is 4.79 Å². The predicted molar refractivity (Wildman–Crippen MR) is 115 cm³/mol. The molecular formula is C19H13BrCl2N2O4S. The SMILES string of the molecule is Cc1nnc(S/C(=C\c2ccc(OCc3ccc(Cl)cc3Cl)c(Br)c2)C(=O)O)o1. The minimum Gasteiger partial charge on any atom is -0.488 e. The third kappa shape index (κ3) is 5.99. The maximum Gasteiger partial charge on any atom is 0.342 e. The first-order chi connectivity index (χ1) is 13.8. The molecule has 29 heavy (non-hydrogen) atoms. The van der Waals surface area contributed by atoms with Gasteiger partial charge in [-0.3, -0.25) is 0 Å². The van der Waals surface area contributed by atoms with E-state index in [1.54, 1.807) is 43.3 Å². The smallest absolute Gasteiger partial charge is 0.342 e. The van der Waals surface area contributed by atoms with Crippen LogP contribution in [0.2, 0.25) is 10.0 Å². The lowest BCUT2D eigenvalue weighted by Gasteiger charge is -2.10. The van der Waals surface area contributed by atoms with Gasteiger partial charge in [0, 0.05) is 22.5 Å². The molecule has 10 heteroatoms. The van der Waals surface area contributed by atoms with E-state index in [0.29, 0.717) is 31.7 Å². The second kappa shape index (κ2) is 9.67. The predicted octanol–water partition coefficient (Wildman–Crippen LogP) is 6.24. The summed E-state index contributed by atoms with van der Waals surface area (Å²) in [7, 11) is 0. The number of aryl methyl sites for hydroxylation is 1. The Hall–Kier alpha value is -2.00. The Bertz CT molecular complexity index is 1090. The summed E-state index contributed by atoms with van der Waals surface area (Å²) in [5.41, 5.74) is 1.46. The van der Waals surface area contributed by atoms with E-state index in [1.807, 2.05) is 0 Å². The zero-order valence-electron chi connectivity index (χ0n) is 14.9. The highest BCUT2D eigenvalue weighted by molar-refractivity contribution is 9.10. The van der Waals surface area contributed by atoms with Gasteiger partial charge in [-0.1, -0.05) is 35.3 Å². The zero-order chi connectivity index (χ0) is 21.0. The molecular weight excluding hydrogens is 503 g/mol. The van der Waals surface area contributed by atoms with E-state index in [0.717, 1.165) is 17.3 Å². The van der Waals surface area contributed by atoms with E-state index in [2.05, 4.69) is 26.1 Å². The second-order valence-electron chi connectivity index (χ2n) is 5.72. The molecule has 0 saturated heterocycles. The first-order valence-corrected chi connectivity index (χ1v) is 10.5. The molecule has 0 aliphatic rings. The van der Waals surface area contributed by atoms with Gasteiger partial charge in [-0.05, 0) is 63.6 Å². The highest BCUT2D eigenvalue weighted by Gasteiger charge is 2.15. The molecule has 0 fully saturated rings. The number of aliphatic carboxylic acids is 1. The van der Waals surface area contributed by atoms with Crippen molar-refractivity contribution in [3.63, 3.8) is 0 Å². The summed E-state index contributed by atoms with van der Waals surface area (Å²) in [4.78, 5) is 11.6. The topological polar surface area (TPSA) is 85.5 Å². The molecule has 3 rings (SSSR count). The van der Waals surface area contributed by atoms with Crippen LogP contribution in [0.15, 0.2) is 55.4 Å².